The summed E-state index contributed by atoms with van der Waals surface area (Å²) in [5, 5.41) is 15.2. The van der Waals surface area contributed by atoms with Crippen molar-refractivity contribution in [3.05, 3.63) is 36.2 Å². The molecule has 10 heteroatoms. The number of amides is 2. The molecule has 2 atom stereocenters. The maximum atomic E-state index is 13.5. The zero-order chi connectivity index (χ0) is 27.8. The molecule has 1 aliphatic rings. The Balaban J connectivity index is 1.59. The average molecular weight is 522 g/mol. The van der Waals surface area contributed by atoms with E-state index >= 15 is 0 Å². The lowest BCUT2D eigenvalue weighted by Gasteiger charge is -2.37. The first-order chi connectivity index (χ1) is 17.8. The molecule has 9 nitrogen and oxygen atoms in total. The number of fused-ring (bicyclic) bond motifs is 3. The van der Waals surface area contributed by atoms with Crippen LogP contribution in [-0.4, -0.2) is 70.4 Å². The van der Waals surface area contributed by atoms with Gasteiger partial charge in [0.15, 0.2) is 0 Å². The summed E-state index contributed by atoms with van der Waals surface area (Å²) < 4.78 is 10.8. The fourth-order valence-corrected chi connectivity index (χ4v) is 4.76. The van der Waals surface area contributed by atoms with Gasteiger partial charge in [0, 0.05) is 11.9 Å². The van der Waals surface area contributed by atoms with E-state index in [1.54, 1.807) is 13.8 Å². The van der Waals surface area contributed by atoms with Crippen molar-refractivity contribution in [2.45, 2.75) is 77.7 Å². The Morgan fingerprint density at radius 2 is 1.95 bits per heavy atom. The van der Waals surface area contributed by atoms with Crippen LogP contribution in [0.25, 0.3) is 21.8 Å². The van der Waals surface area contributed by atoms with Crippen molar-refractivity contribution >= 4 is 46.8 Å². The number of H-pyrrole nitrogens is 1. The second kappa shape index (κ2) is 10.6. The molecule has 1 saturated heterocycles. The molecule has 204 valence electrons. The molecule has 2 heterocycles. The number of carbonyl (C=O) groups is 2. The van der Waals surface area contributed by atoms with Gasteiger partial charge in [0.25, 0.3) is 0 Å². The number of hydrogen-bond donors (Lipinski definition) is 3. The topological polar surface area (TPSA) is 117 Å². The fraction of sp³-hybridized carbons (Fsp3) is 0.536. The number of rotatable bonds is 8. The number of benzene rings is 2. The summed E-state index contributed by atoms with van der Waals surface area (Å²) >= 11 is 0. The number of carbonyl (C=O) groups excluding carboxylic acids is 2. The van der Waals surface area contributed by atoms with Crippen molar-refractivity contribution in [2.75, 3.05) is 13.7 Å². The minimum Gasteiger partial charge on any atom is -0.453 e. The van der Waals surface area contributed by atoms with E-state index in [1.165, 1.54) is 7.11 Å². The van der Waals surface area contributed by atoms with E-state index in [0.29, 0.717) is 14.0 Å². The summed E-state index contributed by atoms with van der Waals surface area (Å²) in [7, 11) is 1.68. The standard InChI is InChI=1S/C28H39BN4O5/c1-16(2)22(32-26(35)37-7)25(34)33-14-8-9-21(33)24-30-20-13-10-17-15-18(11-12-19(17)23(20)31-24)29-38-28(5,6)27(3,4)36/h10-13,15-16,21-22,29,36H,8-9,14H2,1-7H3,(H,30,31)(H,32,35)/t21-,22-/m0/s1. The highest BCUT2D eigenvalue weighted by atomic mass is 16.5. The van der Waals surface area contributed by atoms with Crippen LogP contribution in [-0.2, 0) is 14.2 Å². The quantitative estimate of drug-likeness (QED) is 0.391. The number of nitrogens with zero attached hydrogens (tertiary/aromatic N) is 2. The van der Waals surface area contributed by atoms with Gasteiger partial charge in [0.1, 0.15) is 11.9 Å². The zero-order valence-electron chi connectivity index (χ0n) is 23.4. The van der Waals surface area contributed by atoms with Gasteiger partial charge in [-0.15, -0.1) is 0 Å². The molecule has 3 aromatic rings. The maximum absolute atomic E-state index is 13.5. The van der Waals surface area contributed by atoms with Gasteiger partial charge in [-0.25, -0.2) is 9.78 Å². The normalized spacial score (nSPS) is 17.3. The van der Waals surface area contributed by atoms with Crippen molar-refractivity contribution in [1.82, 2.24) is 20.2 Å². The number of imidazole rings is 1. The van der Waals surface area contributed by atoms with Gasteiger partial charge >= 0.3 is 13.6 Å². The van der Waals surface area contributed by atoms with E-state index < -0.39 is 23.3 Å². The van der Waals surface area contributed by atoms with Crippen LogP contribution in [0.4, 0.5) is 4.79 Å². The molecular weight excluding hydrogens is 483 g/mol. The van der Waals surface area contributed by atoms with Gasteiger partial charge in [-0.2, -0.15) is 0 Å². The lowest BCUT2D eigenvalue weighted by atomic mass is 9.82. The Morgan fingerprint density at radius 1 is 1.21 bits per heavy atom. The van der Waals surface area contributed by atoms with Crippen molar-refractivity contribution in [3.63, 3.8) is 0 Å². The minimum absolute atomic E-state index is 0.0883. The first-order valence-corrected chi connectivity index (χ1v) is 13.2. The number of aromatic amines is 1. The van der Waals surface area contributed by atoms with Crippen molar-refractivity contribution in [3.8, 4) is 0 Å². The predicted molar refractivity (Wildman–Crippen MR) is 150 cm³/mol. The van der Waals surface area contributed by atoms with Crippen molar-refractivity contribution in [2.24, 2.45) is 5.92 Å². The first kappa shape index (κ1) is 27.9. The van der Waals surface area contributed by atoms with Gasteiger partial charge in [-0.1, -0.05) is 43.6 Å². The molecular formula is C28H39BN4O5. The van der Waals surface area contributed by atoms with Crippen LogP contribution in [0.3, 0.4) is 0 Å². The zero-order valence-corrected chi connectivity index (χ0v) is 23.4. The maximum Gasteiger partial charge on any atom is 0.407 e. The SMILES string of the molecule is COC(=O)N[C@H](C(=O)N1CCC[C@H]1c1nc2ccc3cc(BOC(C)(C)C(C)(C)O)ccc3c2[nH]1)C(C)C. The smallest absolute Gasteiger partial charge is 0.407 e. The number of aromatic nitrogens is 2. The molecule has 0 saturated carbocycles. The van der Waals surface area contributed by atoms with E-state index in [2.05, 4.69) is 22.4 Å². The van der Waals surface area contributed by atoms with Gasteiger partial charge in [-0.05, 0) is 57.9 Å². The van der Waals surface area contributed by atoms with E-state index in [1.807, 2.05) is 50.8 Å². The number of ether oxygens (including phenoxy) is 1. The number of aliphatic hydroxyl groups is 1. The summed E-state index contributed by atoms with van der Waals surface area (Å²) in [5.74, 6) is 0.532. The summed E-state index contributed by atoms with van der Waals surface area (Å²) in [4.78, 5) is 35.5. The first-order valence-electron chi connectivity index (χ1n) is 13.2. The highest BCUT2D eigenvalue weighted by Gasteiger charge is 2.38. The second-order valence-electron chi connectivity index (χ2n) is 11.5. The molecule has 4 rings (SSSR count). The van der Waals surface area contributed by atoms with E-state index in [0.717, 1.165) is 45.9 Å². The molecule has 1 aliphatic heterocycles. The number of nitrogens with one attached hydrogen (secondary N) is 2. The van der Waals surface area contributed by atoms with E-state index in [-0.39, 0.29) is 17.9 Å². The van der Waals surface area contributed by atoms with Crippen LogP contribution in [0, 0.1) is 5.92 Å². The van der Waals surface area contributed by atoms with Gasteiger partial charge in [0.2, 0.25) is 5.91 Å². The van der Waals surface area contributed by atoms with Gasteiger partial charge in [0.05, 0.1) is 35.4 Å². The lowest BCUT2D eigenvalue weighted by Crippen LogP contribution is -2.51. The Labute approximate surface area is 224 Å². The third-order valence-electron chi connectivity index (χ3n) is 7.87. The molecule has 38 heavy (non-hydrogen) atoms. The van der Waals surface area contributed by atoms with E-state index in [4.69, 9.17) is 14.4 Å². The molecule has 0 spiro atoms. The Kier molecular flexibility index (Phi) is 7.77. The lowest BCUT2D eigenvalue weighted by molar-refractivity contribution is -0.135. The highest BCUT2D eigenvalue weighted by molar-refractivity contribution is 6.47. The summed E-state index contributed by atoms with van der Waals surface area (Å²) in [5.41, 5.74) is 1.11. The summed E-state index contributed by atoms with van der Waals surface area (Å²) in [6, 6.07) is 9.34. The van der Waals surface area contributed by atoms with Crippen molar-refractivity contribution < 1.29 is 24.1 Å². The number of alkyl carbamates (subject to hydrolysis) is 1. The van der Waals surface area contributed by atoms with Crippen LogP contribution in [0.2, 0.25) is 0 Å². The molecule has 2 amide bonds. The average Bonchev–Trinajstić information content (AvgIpc) is 3.51. The minimum atomic E-state index is -0.970. The third-order valence-corrected chi connectivity index (χ3v) is 7.87. The molecule has 1 fully saturated rings. The van der Waals surface area contributed by atoms with Crippen LogP contribution in [0.5, 0.6) is 0 Å². The Bertz CT molecular complexity index is 1330. The van der Waals surface area contributed by atoms with Crippen LogP contribution >= 0.6 is 0 Å². The van der Waals surface area contributed by atoms with Crippen LogP contribution < -0.4 is 10.8 Å². The predicted octanol–water partition coefficient (Wildman–Crippen LogP) is 3.30. The fourth-order valence-electron chi connectivity index (χ4n) is 4.76. The molecule has 0 radical (unpaired) electrons. The third kappa shape index (κ3) is 5.52. The molecule has 3 N–H and O–H groups in total. The summed E-state index contributed by atoms with van der Waals surface area (Å²) in [6.45, 7) is 11.7. The molecule has 0 aliphatic carbocycles. The van der Waals surface area contributed by atoms with Gasteiger partial charge < -0.3 is 29.7 Å². The van der Waals surface area contributed by atoms with Crippen LogP contribution in [0.1, 0.15) is 66.3 Å². The number of methoxy groups -OCH3 is 1. The molecule has 0 bridgehead atoms. The van der Waals surface area contributed by atoms with E-state index in [9.17, 15) is 14.7 Å². The highest BCUT2D eigenvalue weighted by Crippen LogP contribution is 2.34. The largest absolute Gasteiger partial charge is 0.453 e. The molecule has 1 aromatic heterocycles. The molecule has 2 aromatic carbocycles. The Morgan fingerprint density at radius 3 is 2.61 bits per heavy atom. The number of likely N-dealkylation sites (tertiary alicyclic amines) is 1. The van der Waals surface area contributed by atoms with Crippen molar-refractivity contribution in [1.29, 1.82) is 0 Å². The monoisotopic (exact) mass is 522 g/mol. The second-order valence-corrected chi connectivity index (χ2v) is 11.5. The Hall–Kier alpha value is -3.11. The summed E-state index contributed by atoms with van der Waals surface area (Å²) in [6.07, 6.45) is 1.04. The van der Waals surface area contributed by atoms with Crippen LogP contribution in [0.15, 0.2) is 30.3 Å². The van der Waals surface area contributed by atoms with Gasteiger partial charge in [-0.3, -0.25) is 4.79 Å². The number of hydrogen-bond acceptors (Lipinski definition) is 6. The molecule has 0 unspecified atom stereocenters.